The molecule has 0 N–H and O–H groups in total. The highest BCUT2D eigenvalue weighted by Crippen LogP contribution is 2.67. The van der Waals surface area contributed by atoms with Crippen LogP contribution in [-0.2, 0) is 0 Å². The quantitative estimate of drug-likeness (QED) is 0.536. The van der Waals surface area contributed by atoms with E-state index in [2.05, 4.69) is 13.8 Å². The molecule has 0 radical (unpaired) electrons. The number of hydrogen-bond donors (Lipinski definition) is 0. The molecule has 1 unspecified atom stereocenters. The van der Waals surface area contributed by atoms with Crippen molar-refractivity contribution in [3.05, 3.63) is 0 Å². The van der Waals surface area contributed by atoms with Gasteiger partial charge in [-0.2, -0.15) is 0 Å². The molecule has 0 spiro atoms. The zero-order valence-corrected chi connectivity index (χ0v) is 14.1. The second-order valence-corrected chi connectivity index (χ2v) is 8.48. The van der Waals surface area contributed by atoms with E-state index in [-0.39, 0.29) is 0 Å². The molecule has 1 atom stereocenters. The predicted molar refractivity (Wildman–Crippen MR) is 87.8 cm³/mol. The normalized spacial score (nSPS) is 36.3. The van der Waals surface area contributed by atoms with Crippen LogP contribution < -0.4 is 0 Å². The third kappa shape index (κ3) is 2.26. The van der Waals surface area contributed by atoms with Crippen molar-refractivity contribution in [2.75, 3.05) is 0 Å². The van der Waals surface area contributed by atoms with Gasteiger partial charge in [-0.05, 0) is 61.2 Å². The molecular formula is C20H36. The first-order chi connectivity index (χ1) is 9.73. The minimum absolute atomic E-state index is 0.664. The van der Waals surface area contributed by atoms with Crippen LogP contribution in [0.1, 0.15) is 104 Å². The highest BCUT2D eigenvalue weighted by molar-refractivity contribution is 5.07. The molecule has 0 aromatic heterocycles. The first kappa shape index (κ1) is 14.9. The highest BCUT2D eigenvalue weighted by Gasteiger charge is 2.57. The Bertz CT molecular complexity index is 288. The van der Waals surface area contributed by atoms with Crippen LogP contribution >= 0.6 is 0 Å². The Balaban J connectivity index is 1.92. The summed E-state index contributed by atoms with van der Waals surface area (Å²) in [7, 11) is 0. The number of rotatable bonds is 3. The molecule has 0 heteroatoms. The largest absolute Gasteiger partial charge is 0.0648 e. The lowest BCUT2D eigenvalue weighted by Gasteiger charge is -2.56. The Hall–Kier alpha value is 0. The summed E-state index contributed by atoms with van der Waals surface area (Å²) < 4.78 is 0. The Kier molecular flexibility index (Phi) is 4.48. The van der Waals surface area contributed by atoms with Crippen molar-refractivity contribution in [2.24, 2.45) is 22.7 Å². The SMILES string of the molecule is CCC1(C)CCCC1(C1CCCCC1)C1CCCCC1. The average molecular weight is 277 g/mol. The van der Waals surface area contributed by atoms with Crippen molar-refractivity contribution in [3.63, 3.8) is 0 Å². The lowest BCUT2D eigenvalue weighted by atomic mass is 9.49. The van der Waals surface area contributed by atoms with E-state index in [1.165, 1.54) is 57.8 Å². The van der Waals surface area contributed by atoms with Crippen LogP contribution in [0.4, 0.5) is 0 Å². The average Bonchev–Trinajstić information content (AvgIpc) is 2.88. The summed E-state index contributed by atoms with van der Waals surface area (Å²) in [6.45, 7) is 5.18. The van der Waals surface area contributed by atoms with Gasteiger partial charge in [-0.1, -0.05) is 65.2 Å². The first-order valence-electron chi connectivity index (χ1n) is 9.73. The molecule has 20 heavy (non-hydrogen) atoms. The van der Waals surface area contributed by atoms with Gasteiger partial charge in [0.1, 0.15) is 0 Å². The molecule has 0 bridgehead atoms. The summed E-state index contributed by atoms with van der Waals surface area (Å²) in [6.07, 6.45) is 21.4. The van der Waals surface area contributed by atoms with Crippen molar-refractivity contribution in [3.8, 4) is 0 Å². The van der Waals surface area contributed by atoms with Gasteiger partial charge >= 0.3 is 0 Å². The summed E-state index contributed by atoms with van der Waals surface area (Å²) in [5, 5.41) is 0. The van der Waals surface area contributed by atoms with E-state index in [9.17, 15) is 0 Å². The molecule has 0 nitrogen and oxygen atoms in total. The van der Waals surface area contributed by atoms with Crippen LogP contribution in [0.25, 0.3) is 0 Å². The van der Waals surface area contributed by atoms with Gasteiger partial charge in [0.15, 0.2) is 0 Å². The van der Waals surface area contributed by atoms with E-state index in [4.69, 9.17) is 0 Å². The minimum atomic E-state index is 0.664. The molecule has 0 amide bonds. The van der Waals surface area contributed by atoms with Gasteiger partial charge in [-0.15, -0.1) is 0 Å². The molecule has 0 aromatic rings. The Morgan fingerprint density at radius 2 is 1.20 bits per heavy atom. The van der Waals surface area contributed by atoms with E-state index in [1.54, 1.807) is 32.1 Å². The lowest BCUT2D eigenvalue weighted by molar-refractivity contribution is -0.0690. The van der Waals surface area contributed by atoms with E-state index in [1.807, 2.05) is 0 Å². The summed E-state index contributed by atoms with van der Waals surface area (Å²) in [5.74, 6) is 2.15. The zero-order chi connectivity index (χ0) is 14.1. The van der Waals surface area contributed by atoms with Gasteiger partial charge in [0.05, 0.1) is 0 Å². The lowest BCUT2D eigenvalue weighted by Crippen LogP contribution is -2.48. The standard InChI is InChI=1S/C20H36/c1-3-19(2)15-10-16-20(19,17-11-6-4-7-12-17)18-13-8-5-9-14-18/h17-18H,3-16H2,1-2H3. The van der Waals surface area contributed by atoms with Crippen molar-refractivity contribution >= 4 is 0 Å². The van der Waals surface area contributed by atoms with Crippen molar-refractivity contribution in [2.45, 2.75) is 104 Å². The summed E-state index contributed by atoms with van der Waals surface area (Å²) >= 11 is 0. The maximum absolute atomic E-state index is 2.68. The maximum Gasteiger partial charge on any atom is -0.0187 e. The van der Waals surface area contributed by atoms with Gasteiger partial charge in [0.2, 0.25) is 0 Å². The highest BCUT2D eigenvalue weighted by atomic mass is 14.6. The van der Waals surface area contributed by atoms with Gasteiger partial charge in [0.25, 0.3) is 0 Å². The van der Waals surface area contributed by atoms with Crippen LogP contribution in [-0.4, -0.2) is 0 Å². The van der Waals surface area contributed by atoms with E-state index >= 15 is 0 Å². The van der Waals surface area contributed by atoms with Crippen LogP contribution in [0.15, 0.2) is 0 Å². The molecule has 3 aliphatic rings. The van der Waals surface area contributed by atoms with Crippen molar-refractivity contribution in [1.82, 2.24) is 0 Å². The summed E-state index contributed by atoms with van der Waals surface area (Å²) in [6, 6.07) is 0. The Labute approximate surface area is 127 Å². The van der Waals surface area contributed by atoms with Crippen LogP contribution in [0.2, 0.25) is 0 Å². The van der Waals surface area contributed by atoms with Gasteiger partial charge in [-0.3, -0.25) is 0 Å². The smallest absolute Gasteiger partial charge is 0.0187 e. The zero-order valence-electron chi connectivity index (χ0n) is 14.1. The number of hydrogen-bond acceptors (Lipinski definition) is 0. The second kappa shape index (κ2) is 6.01. The summed E-state index contributed by atoms with van der Waals surface area (Å²) in [5.41, 5.74) is 1.40. The van der Waals surface area contributed by atoms with Crippen molar-refractivity contribution < 1.29 is 0 Å². The molecule has 3 aliphatic carbocycles. The third-order valence-corrected chi connectivity index (χ3v) is 7.89. The van der Waals surface area contributed by atoms with Crippen LogP contribution in [0, 0.1) is 22.7 Å². The molecule has 0 aliphatic heterocycles. The molecule has 3 fully saturated rings. The van der Waals surface area contributed by atoms with Crippen molar-refractivity contribution in [1.29, 1.82) is 0 Å². The molecule has 0 aromatic carbocycles. The minimum Gasteiger partial charge on any atom is -0.0648 e. The molecule has 0 heterocycles. The van der Waals surface area contributed by atoms with E-state index in [0.717, 1.165) is 17.3 Å². The topological polar surface area (TPSA) is 0 Å². The molecule has 0 saturated heterocycles. The van der Waals surface area contributed by atoms with E-state index in [0.29, 0.717) is 5.41 Å². The fourth-order valence-electron chi connectivity index (χ4n) is 6.77. The molecule has 3 rings (SSSR count). The van der Waals surface area contributed by atoms with Crippen LogP contribution in [0.5, 0.6) is 0 Å². The fraction of sp³-hybridized carbons (Fsp3) is 1.00. The Morgan fingerprint density at radius 3 is 1.65 bits per heavy atom. The predicted octanol–water partition coefficient (Wildman–Crippen LogP) is 6.73. The first-order valence-corrected chi connectivity index (χ1v) is 9.73. The second-order valence-electron chi connectivity index (χ2n) is 8.48. The fourth-order valence-corrected chi connectivity index (χ4v) is 6.77. The molecular weight excluding hydrogens is 240 g/mol. The maximum atomic E-state index is 2.68. The van der Waals surface area contributed by atoms with Gasteiger partial charge in [-0.25, -0.2) is 0 Å². The monoisotopic (exact) mass is 276 g/mol. The molecule has 3 saturated carbocycles. The van der Waals surface area contributed by atoms with Gasteiger partial charge in [0, 0.05) is 0 Å². The summed E-state index contributed by atoms with van der Waals surface area (Å²) in [4.78, 5) is 0. The molecule has 116 valence electrons. The van der Waals surface area contributed by atoms with E-state index < -0.39 is 0 Å². The Morgan fingerprint density at radius 1 is 0.700 bits per heavy atom. The van der Waals surface area contributed by atoms with Gasteiger partial charge < -0.3 is 0 Å². The third-order valence-electron chi connectivity index (χ3n) is 7.89. The van der Waals surface area contributed by atoms with Crippen LogP contribution in [0.3, 0.4) is 0 Å².